The Morgan fingerprint density at radius 3 is 2.46 bits per heavy atom. The highest BCUT2D eigenvalue weighted by molar-refractivity contribution is 5.79. The van der Waals surface area contributed by atoms with E-state index in [1.54, 1.807) is 0 Å². The number of hydrogen-bond donors (Lipinski definition) is 1. The summed E-state index contributed by atoms with van der Waals surface area (Å²) in [5, 5.41) is 8.75. The number of fused-ring (bicyclic) bond motifs is 2. The van der Waals surface area contributed by atoms with Crippen LogP contribution < -0.4 is 4.90 Å². The molecule has 0 saturated carbocycles. The average Bonchev–Trinajstić information content (AvgIpc) is 2.58. The molecule has 2 aromatic carbocycles. The number of benzene rings is 2. The maximum atomic E-state index is 10.6. The first-order chi connectivity index (χ1) is 11.7. The van der Waals surface area contributed by atoms with E-state index in [2.05, 4.69) is 65.6 Å². The van der Waals surface area contributed by atoms with Crippen LogP contribution in [0.5, 0.6) is 0 Å². The van der Waals surface area contributed by atoms with Gasteiger partial charge in [-0.05, 0) is 35.6 Å². The SMILES string of the molecule is O=C(O)CCCCCN1Cc2ccccc2/C=C\c2ccccc21. The van der Waals surface area contributed by atoms with Crippen molar-refractivity contribution < 1.29 is 9.90 Å². The van der Waals surface area contributed by atoms with Gasteiger partial charge in [-0.25, -0.2) is 0 Å². The largest absolute Gasteiger partial charge is 0.481 e. The van der Waals surface area contributed by atoms with Gasteiger partial charge in [-0.2, -0.15) is 0 Å². The van der Waals surface area contributed by atoms with Gasteiger partial charge in [0.2, 0.25) is 0 Å². The van der Waals surface area contributed by atoms with Crippen LogP contribution in [-0.4, -0.2) is 17.6 Å². The van der Waals surface area contributed by atoms with Gasteiger partial charge >= 0.3 is 5.97 Å². The van der Waals surface area contributed by atoms with Crippen LogP contribution in [0.3, 0.4) is 0 Å². The lowest BCUT2D eigenvalue weighted by Crippen LogP contribution is -2.25. The molecular formula is C21H23NO2. The normalized spacial score (nSPS) is 14.2. The van der Waals surface area contributed by atoms with Gasteiger partial charge < -0.3 is 10.0 Å². The quantitative estimate of drug-likeness (QED) is 0.775. The van der Waals surface area contributed by atoms with Crippen LogP contribution in [0.2, 0.25) is 0 Å². The van der Waals surface area contributed by atoms with Crippen LogP contribution in [-0.2, 0) is 11.3 Å². The monoisotopic (exact) mass is 321 g/mol. The molecule has 3 heteroatoms. The van der Waals surface area contributed by atoms with Crippen LogP contribution in [0.25, 0.3) is 12.2 Å². The van der Waals surface area contributed by atoms with Gasteiger partial charge in [-0.15, -0.1) is 0 Å². The zero-order valence-corrected chi connectivity index (χ0v) is 13.8. The molecule has 0 aromatic heterocycles. The zero-order chi connectivity index (χ0) is 16.8. The van der Waals surface area contributed by atoms with Crippen molar-refractivity contribution >= 4 is 23.8 Å². The third kappa shape index (κ3) is 4.05. The highest BCUT2D eigenvalue weighted by atomic mass is 16.4. The fourth-order valence-corrected chi connectivity index (χ4v) is 3.18. The molecule has 0 saturated heterocycles. The summed E-state index contributed by atoms with van der Waals surface area (Å²) in [6.45, 7) is 1.83. The topological polar surface area (TPSA) is 40.5 Å². The summed E-state index contributed by atoms with van der Waals surface area (Å²) in [6, 6.07) is 17.0. The predicted molar refractivity (Wildman–Crippen MR) is 99.0 cm³/mol. The summed E-state index contributed by atoms with van der Waals surface area (Å²) >= 11 is 0. The van der Waals surface area contributed by atoms with Crippen molar-refractivity contribution in [3.05, 3.63) is 65.2 Å². The Balaban J connectivity index is 1.77. The molecule has 2 aromatic rings. The van der Waals surface area contributed by atoms with E-state index in [4.69, 9.17) is 5.11 Å². The van der Waals surface area contributed by atoms with Crippen LogP contribution in [0.4, 0.5) is 5.69 Å². The summed E-state index contributed by atoms with van der Waals surface area (Å²) in [6.07, 6.45) is 7.35. The Labute approximate surface area is 143 Å². The number of para-hydroxylation sites is 1. The van der Waals surface area contributed by atoms with Crippen LogP contribution in [0, 0.1) is 0 Å². The smallest absolute Gasteiger partial charge is 0.303 e. The number of carboxylic acids is 1. The fourth-order valence-electron chi connectivity index (χ4n) is 3.18. The molecule has 1 aliphatic heterocycles. The molecule has 124 valence electrons. The molecule has 0 atom stereocenters. The molecule has 1 N–H and O–H groups in total. The molecule has 0 unspecified atom stereocenters. The van der Waals surface area contributed by atoms with Gasteiger partial charge in [0, 0.05) is 25.2 Å². The van der Waals surface area contributed by atoms with Crippen molar-refractivity contribution in [2.75, 3.05) is 11.4 Å². The van der Waals surface area contributed by atoms with E-state index in [0.717, 1.165) is 32.4 Å². The number of anilines is 1. The summed E-state index contributed by atoms with van der Waals surface area (Å²) in [5.74, 6) is -0.703. The maximum absolute atomic E-state index is 10.6. The lowest BCUT2D eigenvalue weighted by Gasteiger charge is -2.28. The number of hydrogen-bond acceptors (Lipinski definition) is 2. The maximum Gasteiger partial charge on any atom is 0.303 e. The minimum Gasteiger partial charge on any atom is -0.481 e. The predicted octanol–water partition coefficient (Wildman–Crippen LogP) is 4.82. The average molecular weight is 321 g/mol. The van der Waals surface area contributed by atoms with Gasteiger partial charge in [-0.1, -0.05) is 61.0 Å². The molecule has 24 heavy (non-hydrogen) atoms. The number of rotatable bonds is 6. The number of unbranched alkanes of at least 4 members (excludes halogenated alkanes) is 2. The van der Waals surface area contributed by atoms with E-state index in [1.165, 1.54) is 22.4 Å². The minimum atomic E-state index is -0.703. The second-order valence-corrected chi connectivity index (χ2v) is 6.22. The van der Waals surface area contributed by atoms with Crippen molar-refractivity contribution in [1.29, 1.82) is 0 Å². The molecule has 0 aliphatic carbocycles. The third-order valence-corrected chi connectivity index (χ3v) is 4.45. The second-order valence-electron chi connectivity index (χ2n) is 6.22. The van der Waals surface area contributed by atoms with Gasteiger partial charge in [0.05, 0.1) is 0 Å². The highest BCUT2D eigenvalue weighted by Crippen LogP contribution is 2.28. The highest BCUT2D eigenvalue weighted by Gasteiger charge is 2.14. The van der Waals surface area contributed by atoms with Crippen molar-refractivity contribution in [2.24, 2.45) is 0 Å². The molecule has 3 rings (SSSR count). The summed E-state index contributed by atoms with van der Waals surface area (Å²) in [5.41, 5.74) is 5.08. The number of carbonyl (C=O) groups is 1. The van der Waals surface area contributed by atoms with Crippen LogP contribution in [0.15, 0.2) is 48.5 Å². The first-order valence-corrected chi connectivity index (χ1v) is 8.56. The molecule has 0 amide bonds. The molecule has 3 nitrogen and oxygen atoms in total. The van der Waals surface area contributed by atoms with Crippen LogP contribution in [0.1, 0.15) is 42.4 Å². The Morgan fingerprint density at radius 2 is 1.62 bits per heavy atom. The van der Waals surface area contributed by atoms with E-state index in [0.29, 0.717) is 0 Å². The first-order valence-electron chi connectivity index (χ1n) is 8.56. The van der Waals surface area contributed by atoms with Gasteiger partial charge in [0.1, 0.15) is 0 Å². The Bertz CT molecular complexity index is 736. The van der Waals surface area contributed by atoms with Crippen molar-refractivity contribution in [3.8, 4) is 0 Å². The molecule has 0 spiro atoms. The Kier molecular flexibility index (Phi) is 5.32. The van der Waals surface area contributed by atoms with E-state index in [-0.39, 0.29) is 6.42 Å². The lowest BCUT2D eigenvalue weighted by atomic mass is 10.0. The molecule has 1 heterocycles. The number of aliphatic carboxylic acids is 1. The molecule has 0 bridgehead atoms. The summed E-state index contributed by atoms with van der Waals surface area (Å²) < 4.78 is 0. The fraction of sp³-hybridized carbons (Fsp3) is 0.286. The second kappa shape index (κ2) is 7.82. The van der Waals surface area contributed by atoms with Gasteiger partial charge in [0.15, 0.2) is 0 Å². The summed E-state index contributed by atoms with van der Waals surface area (Å²) in [4.78, 5) is 13.0. The number of carboxylic acid groups (broad SMARTS) is 1. The Hall–Kier alpha value is -2.55. The van der Waals surface area contributed by atoms with Crippen LogP contribution >= 0.6 is 0 Å². The zero-order valence-electron chi connectivity index (χ0n) is 13.8. The van der Waals surface area contributed by atoms with Gasteiger partial charge in [-0.3, -0.25) is 4.79 Å². The van der Waals surface area contributed by atoms with Crippen molar-refractivity contribution in [2.45, 2.75) is 32.2 Å². The lowest BCUT2D eigenvalue weighted by molar-refractivity contribution is -0.137. The van der Waals surface area contributed by atoms with Crippen molar-refractivity contribution in [3.63, 3.8) is 0 Å². The van der Waals surface area contributed by atoms with E-state index < -0.39 is 5.97 Å². The Morgan fingerprint density at radius 1 is 0.917 bits per heavy atom. The summed E-state index contributed by atoms with van der Waals surface area (Å²) in [7, 11) is 0. The van der Waals surface area contributed by atoms with E-state index in [1.807, 2.05) is 0 Å². The first kappa shape index (κ1) is 16.3. The van der Waals surface area contributed by atoms with E-state index >= 15 is 0 Å². The van der Waals surface area contributed by atoms with Gasteiger partial charge in [0.25, 0.3) is 0 Å². The molecule has 1 aliphatic rings. The molecular weight excluding hydrogens is 298 g/mol. The number of nitrogens with zero attached hydrogens (tertiary/aromatic N) is 1. The third-order valence-electron chi connectivity index (χ3n) is 4.45. The van der Waals surface area contributed by atoms with Crippen molar-refractivity contribution in [1.82, 2.24) is 0 Å². The van der Waals surface area contributed by atoms with E-state index in [9.17, 15) is 4.79 Å². The standard InChI is InChI=1S/C21H23NO2/c23-21(24)12-2-1-7-15-22-16-19-10-4-3-8-17(19)13-14-18-9-5-6-11-20(18)22/h3-6,8-11,13-14H,1-2,7,12,15-16H2,(H,23,24)/b14-13-. The molecule has 0 fully saturated rings. The minimum absolute atomic E-state index is 0.266. The molecule has 0 radical (unpaired) electrons.